The number of aromatic nitrogens is 1. The molecule has 35 heavy (non-hydrogen) atoms. The predicted octanol–water partition coefficient (Wildman–Crippen LogP) is 6.15. The summed E-state index contributed by atoms with van der Waals surface area (Å²) in [6, 6.07) is 20.0. The van der Waals surface area contributed by atoms with Crippen molar-refractivity contribution in [3.05, 3.63) is 107 Å². The van der Waals surface area contributed by atoms with Crippen molar-refractivity contribution in [2.45, 2.75) is 31.8 Å². The van der Waals surface area contributed by atoms with Gasteiger partial charge in [-0.3, -0.25) is 4.57 Å². The van der Waals surface area contributed by atoms with Gasteiger partial charge in [-0.1, -0.05) is 29.4 Å². The highest BCUT2D eigenvalue weighted by Crippen LogP contribution is 2.46. The second-order valence-corrected chi connectivity index (χ2v) is 8.36. The zero-order valence-electron chi connectivity index (χ0n) is 19.3. The molecule has 176 valence electrons. The van der Waals surface area contributed by atoms with Crippen LogP contribution in [0, 0.1) is 17.1 Å². The standard InChI is InChI=1S/C28H24FN3O3/c1-33-22-13-9-20(10-14-22)26-23(17-30)28(32-15-2-3-16-32)35-25-6-4-5-24(27(25)26)31-34-18-19-7-11-21(29)12-8-19/h2-3,7-16,26H,4-6,18H2,1H3/b31-24-/t26-/m1/s1. The number of hydrogen-bond acceptors (Lipinski definition) is 5. The zero-order valence-corrected chi connectivity index (χ0v) is 19.3. The first kappa shape index (κ1) is 22.5. The van der Waals surface area contributed by atoms with Gasteiger partial charge in [0.15, 0.2) is 0 Å². The molecule has 2 aromatic carbocycles. The monoisotopic (exact) mass is 469 g/mol. The minimum atomic E-state index is -0.361. The molecule has 0 unspecified atom stereocenters. The van der Waals surface area contributed by atoms with Crippen molar-refractivity contribution < 1.29 is 18.7 Å². The van der Waals surface area contributed by atoms with E-state index in [4.69, 9.17) is 14.3 Å². The van der Waals surface area contributed by atoms with Crippen molar-refractivity contribution in [2.24, 2.45) is 5.16 Å². The number of nitriles is 1. The zero-order chi connectivity index (χ0) is 24.2. The maximum atomic E-state index is 13.2. The highest BCUT2D eigenvalue weighted by atomic mass is 19.1. The fraction of sp³-hybridized carbons (Fsp3) is 0.214. The van der Waals surface area contributed by atoms with Gasteiger partial charge in [0.25, 0.3) is 0 Å². The van der Waals surface area contributed by atoms with Crippen LogP contribution in [0.1, 0.15) is 36.3 Å². The smallest absolute Gasteiger partial charge is 0.218 e. The average Bonchev–Trinajstić information content (AvgIpc) is 3.44. The fourth-order valence-electron chi connectivity index (χ4n) is 4.48. The van der Waals surface area contributed by atoms with Crippen molar-refractivity contribution in [1.29, 1.82) is 5.26 Å². The van der Waals surface area contributed by atoms with Gasteiger partial charge in [-0.05, 0) is 60.4 Å². The van der Waals surface area contributed by atoms with Gasteiger partial charge in [0.05, 0.1) is 18.7 Å². The van der Waals surface area contributed by atoms with Crippen LogP contribution in [0.15, 0.2) is 95.1 Å². The molecule has 3 aromatic rings. The number of nitrogens with zero attached hydrogens (tertiary/aromatic N) is 3. The highest BCUT2D eigenvalue weighted by Gasteiger charge is 2.38. The van der Waals surface area contributed by atoms with Gasteiger partial charge in [0, 0.05) is 24.4 Å². The Balaban J connectivity index is 1.55. The molecular formula is C28H24FN3O3. The molecular weight excluding hydrogens is 445 g/mol. The molecule has 5 rings (SSSR count). The Hall–Kier alpha value is -4.31. The second kappa shape index (κ2) is 9.90. The minimum absolute atomic E-state index is 0.218. The lowest BCUT2D eigenvalue weighted by Crippen LogP contribution is -2.26. The molecule has 0 bridgehead atoms. The lowest BCUT2D eigenvalue weighted by molar-refractivity contribution is 0.129. The van der Waals surface area contributed by atoms with Gasteiger partial charge >= 0.3 is 0 Å². The highest BCUT2D eigenvalue weighted by molar-refractivity contribution is 6.04. The number of ether oxygens (including phenoxy) is 2. The molecule has 0 amide bonds. The van der Waals surface area contributed by atoms with E-state index in [-0.39, 0.29) is 18.3 Å². The molecule has 2 aliphatic rings. The van der Waals surface area contributed by atoms with Gasteiger partial charge in [-0.2, -0.15) is 5.26 Å². The molecule has 0 radical (unpaired) electrons. The van der Waals surface area contributed by atoms with Gasteiger partial charge < -0.3 is 14.3 Å². The summed E-state index contributed by atoms with van der Waals surface area (Å²) in [6.45, 7) is 0.218. The van der Waals surface area contributed by atoms with Crippen LogP contribution in [0.4, 0.5) is 4.39 Å². The van der Waals surface area contributed by atoms with Gasteiger partial charge in [0.1, 0.15) is 35.6 Å². The summed E-state index contributed by atoms with van der Waals surface area (Å²) in [5.41, 5.74) is 3.88. The molecule has 0 spiro atoms. The first-order chi connectivity index (χ1) is 17.2. The first-order valence-corrected chi connectivity index (χ1v) is 11.4. The number of rotatable bonds is 6. The lowest BCUT2D eigenvalue weighted by Gasteiger charge is -2.33. The fourth-order valence-corrected chi connectivity index (χ4v) is 4.48. The topological polar surface area (TPSA) is 68.8 Å². The Morgan fingerprint density at radius 1 is 1.09 bits per heavy atom. The summed E-state index contributed by atoms with van der Waals surface area (Å²) in [5, 5.41) is 14.7. The summed E-state index contributed by atoms with van der Waals surface area (Å²) in [5.74, 6) is 1.39. The Kier molecular flexibility index (Phi) is 6.36. The SMILES string of the molecule is COc1ccc([C@@H]2C(C#N)=C(n3cccc3)OC3=C2/C(=N\OCc2ccc(F)cc2)CCC3)cc1. The van der Waals surface area contributed by atoms with Crippen LogP contribution >= 0.6 is 0 Å². The van der Waals surface area contributed by atoms with Crippen molar-refractivity contribution in [1.82, 2.24) is 4.57 Å². The molecule has 7 heteroatoms. The molecule has 1 aromatic heterocycles. The molecule has 2 heterocycles. The lowest BCUT2D eigenvalue weighted by atomic mass is 9.77. The van der Waals surface area contributed by atoms with E-state index < -0.39 is 0 Å². The third-order valence-corrected chi connectivity index (χ3v) is 6.18. The van der Waals surface area contributed by atoms with Gasteiger partial charge in [-0.15, -0.1) is 0 Å². The molecule has 1 aliphatic heterocycles. The Morgan fingerprint density at radius 2 is 1.83 bits per heavy atom. The maximum absolute atomic E-state index is 13.2. The molecule has 1 atom stereocenters. The molecule has 0 saturated carbocycles. The van der Waals surface area contributed by atoms with Crippen molar-refractivity contribution >= 4 is 11.6 Å². The van der Waals surface area contributed by atoms with Crippen molar-refractivity contribution in [2.75, 3.05) is 7.11 Å². The summed E-state index contributed by atoms with van der Waals surface area (Å²) >= 11 is 0. The number of methoxy groups -OCH3 is 1. The quantitative estimate of drug-likeness (QED) is 0.406. The van der Waals surface area contributed by atoms with Crippen LogP contribution in [0.2, 0.25) is 0 Å². The predicted molar refractivity (Wildman–Crippen MR) is 130 cm³/mol. The van der Waals surface area contributed by atoms with E-state index >= 15 is 0 Å². The van der Waals surface area contributed by atoms with Gasteiger partial charge in [-0.25, -0.2) is 4.39 Å². The Bertz CT molecular complexity index is 1330. The summed E-state index contributed by atoms with van der Waals surface area (Å²) in [6.07, 6.45) is 6.03. The number of halogens is 1. The third kappa shape index (κ3) is 4.56. The van der Waals surface area contributed by atoms with Crippen molar-refractivity contribution in [3.8, 4) is 11.8 Å². The van der Waals surface area contributed by atoms with Crippen molar-refractivity contribution in [3.63, 3.8) is 0 Å². The van der Waals surface area contributed by atoms with Crippen LogP contribution in [0.25, 0.3) is 5.88 Å². The normalized spacial score (nSPS) is 18.7. The number of oxime groups is 1. The van der Waals surface area contributed by atoms with E-state index in [1.54, 1.807) is 19.2 Å². The summed E-state index contributed by atoms with van der Waals surface area (Å²) in [7, 11) is 1.62. The van der Waals surface area contributed by atoms with E-state index in [9.17, 15) is 9.65 Å². The molecule has 0 N–H and O–H groups in total. The summed E-state index contributed by atoms with van der Waals surface area (Å²) < 4.78 is 26.7. The van der Waals surface area contributed by atoms with E-state index in [1.807, 2.05) is 53.4 Å². The number of hydrogen-bond donors (Lipinski definition) is 0. The van der Waals surface area contributed by atoms with Crippen LogP contribution in [0.5, 0.6) is 5.75 Å². The number of allylic oxidation sites excluding steroid dienone is 3. The third-order valence-electron chi connectivity index (χ3n) is 6.18. The maximum Gasteiger partial charge on any atom is 0.218 e. The molecule has 6 nitrogen and oxygen atoms in total. The van der Waals surface area contributed by atoms with E-state index in [1.165, 1.54) is 12.1 Å². The van der Waals surface area contributed by atoms with E-state index in [0.29, 0.717) is 17.9 Å². The van der Waals surface area contributed by atoms with Crippen LogP contribution in [0.3, 0.4) is 0 Å². The van der Waals surface area contributed by atoms with E-state index in [0.717, 1.165) is 46.8 Å². The summed E-state index contributed by atoms with van der Waals surface area (Å²) in [4.78, 5) is 5.69. The molecule has 0 saturated heterocycles. The Morgan fingerprint density at radius 3 is 2.51 bits per heavy atom. The van der Waals surface area contributed by atoms with E-state index in [2.05, 4.69) is 11.2 Å². The van der Waals surface area contributed by atoms with Crippen LogP contribution in [-0.4, -0.2) is 17.4 Å². The number of benzene rings is 2. The average molecular weight is 470 g/mol. The minimum Gasteiger partial charge on any atom is -0.497 e. The van der Waals surface area contributed by atoms with Crippen LogP contribution in [-0.2, 0) is 16.2 Å². The van der Waals surface area contributed by atoms with Gasteiger partial charge in [0.2, 0.25) is 5.88 Å². The molecule has 1 aliphatic carbocycles. The largest absolute Gasteiger partial charge is 0.497 e. The molecule has 0 fully saturated rings. The second-order valence-electron chi connectivity index (χ2n) is 8.36. The van der Waals surface area contributed by atoms with Crippen LogP contribution < -0.4 is 4.74 Å². The Labute approximate surface area is 203 Å². The first-order valence-electron chi connectivity index (χ1n) is 11.4.